The standard InChI is InChI=1S/C22H22N8O/c1-14(2)29-13-25-28-21(29)18-4-3-5-20(26-18)27-22(31)15-6-7-16-9-23-10-17-11-24-12-30(17)19(16)8-15/h3-8,11-14,23H,9-10H2,1-2H3,(H,26,27,31). The number of fused-ring (bicyclic) bond motifs is 3. The molecule has 1 aliphatic rings. The molecule has 0 bridgehead atoms. The van der Waals surface area contributed by atoms with Crippen molar-refractivity contribution in [2.24, 2.45) is 0 Å². The van der Waals surface area contributed by atoms with Gasteiger partial charge in [0.2, 0.25) is 0 Å². The van der Waals surface area contributed by atoms with Crippen LogP contribution in [0.15, 0.2) is 55.2 Å². The van der Waals surface area contributed by atoms with Crippen LogP contribution in [0.5, 0.6) is 0 Å². The van der Waals surface area contributed by atoms with Crippen molar-refractivity contribution in [3.8, 4) is 17.2 Å². The molecule has 9 heteroatoms. The number of benzene rings is 1. The second-order valence-electron chi connectivity index (χ2n) is 7.72. The monoisotopic (exact) mass is 414 g/mol. The summed E-state index contributed by atoms with van der Waals surface area (Å²) in [7, 11) is 0. The molecule has 0 radical (unpaired) electrons. The summed E-state index contributed by atoms with van der Waals surface area (Å²) < 4.78 is 3.96. The van der Waals surface area contributed by atoms with Crippen molar-refractivity contribution in [3.63, 3.8) is 0 Å². The van der Waals surface area contributed by atoms with E-state index in [1.165, 1.54) is 0 Å². The number of carbonyl (C=O) groups excluding carboxylic acids is 1. The van der Waals surface area contributed by atoms with Gasteiger partial charge in [0, 0.05) is 30.9 Å². The van der Waals surface area contributed by atoms with Crippen molar-refractivity contribution < 1.29 is 4.79 Å². The van der Waals surface area contributed by atoms with E-state index in [2.05, 4.69) is 44.6 Å². The minimum Gasteiger partial charge on any atom is -0.310 e. The topological polar surface area (TPSA) is 103 Å². The zero-order valence-corrected chi connectivity index (χ0v) is 17.3. The van der Waals surface area contributed by atoms with Gasteiger partial charge >= 0.3 is 0 Å². The molecular weight excluding hydrogens is 392 g/mol. The van der Waals surface area contributed by atoms with Crippen LogP contribution >= 0.6 is 0 Å². The lowest BCUT2D eigenvalue weighted by Crippen LogP contribution is -2.14. The molecule has 31 heavy (non-hydrogen) atoms. The van der Waals surface area contributed by atoms with Crippen molar-refractivity contribution in [2.45, 2.75) is 33.0 Å². The molecule has 2 N–H and O–H groups in total. The Hall–Kier alpha value is -3.85. The Morgan fingerprint density at radius 2 is 2.06 bits per heavy atom. The fourth-order valence-corrected chi connectivity index (χ4v) is 3.70. The maximum Gasteiger partial charge on any atom is 0.256 e. The van der Waals surface area contributed by atoms with Gasteiger partial charge in [-0.25, -0.2) is 9.97 Å². The molecule has 1 amide bonds. The minimum atomic E-state index is -0.225. The molecular formula is C22H22N8O. The fourth-order valence-electron chi connectivity index (χ4n) is 3.70. The van der Waals surface area contributed by atoms with E-state index < -0.39 is 0 Å². The van der Waals surface area contributed by atoms with E-state index in [9.17, 15) is 4.79 Å². The van der Waals surface area contributed by atoms with Crippen molar-refractivity contribution in [2.75, 3.05) is 5.32 Å². The predicted molar refractivity (Wildman–Crippen MR) is 116 cm³/mol. The number of nitrogens with zero attached hydrogens (tertiary/aromatic N) is 6. The molecule has 0 spiro atoms. The highest BCUT2D eigenvalue weighted by molar-refractivity contribution is 6.04. The summed E-state index contributed by atoms with van der Waals surface area (Å²) in [6.45, 7) is 5.57. The first-order valence-electron chi connectivity index (χ1n) is 10.1. The molecule has 0 saturated heterocycles. The first-order chi connectivity index (χ1) is 15.1. The Kier molecular flexibility index (Phi) is 4.79. The average Bonchev–Trinajstić information content (AvgIpc) is 3.41. The smallest absolute Gasteiger partial charge is 0.256 e. The van der Waals surface area contributed by atoms with Gasteiger partial charge in [0.15, 0.2) is 5.82 Å². The van der Waals surface area contributed by atoms with Crippen LogP contribution in [0.25, 0.3) is 17.2 Å². The summed E-state index contributed by atoms with van der Waals surface area (Å²) >= 11 is 0. The molecule has 3 aromatic heterocycles. The van der Waals surface area contributed by atoms with Gasteiger partial charge in [0.1, 0.15) is 17.8 Å². The van der Waals surface area contributed by atoms with E-state index in [1.807, 2.05) is 45.7 Å². The quantitative estimate of drug-likeness (QED) is 0.532. The lowest BCUT2D eigenvalue weighted by atomic mass is 10.1. The van der Waals surface area contributed by atoms with E-state index in [0.717, 1.165) is 30.0 Å². The number of nitrogens with one attached hydrogen (secondary N) is 2. The normalized spacial score (nSPS) is 12.9. The second-order valence-corrected chi connectivity index (χ2v) is 7.72. The van der Waals surface area contributed by atoms with Gasteiger partial charge in [-0.1, -0.05) is 12.1 Å². The lowest BCUT2D eigenvalue weighted by Gasteiger charge is -2.12. The Morgan fingerprint density at radius 1 is 1.16 bits per heavy atom. The third-order valence-corrected chi connectivity index (χ3v) is 5.29. The molecule has 9 nitrogen and oxygen atoms in total. The van der Waals surface area contributed by atoms with Crippen LogP contribution in [0, 0.1) is 0 Å². The van der Waals surface area contributed by atoms with Crippen molar-refractivity contribution in [3.05, 3.63) is 72.1 Å². The zero-order chi connectivity index (χ0) is 21.4. The van der Waals surface area contributed by atoms with Crippen LogP contribution in [-0.2, 0) is 13.1 Å². The number of rotatable bonds is 4. The highest BCUT2D eigenvalue weighted by Gasteiger charge is 2.17. The Balaban J connectivity index is 1.43. The molecule has 0 unspecified atom stereocenters. The summed E-state index contributed by atoms with van der Waals surface area (Å²) in [5, 5.41) is 14.5. The molecule has 0 aliphatic carbocycles. The maximum atomic E-state index is 13.0. The van der Waals surface area contributed by atoms with Gasteiger partial charge in [-0.3, -0.25) is 4.79 Å². The van der Waals surface area contributed by atoms with Crippen LogP contribution in [-0.4, -0.2) is 35.2 Å². The number of imidazole rings is 1. The number of amides is 1. The number of hydrogen-bond donors (Lipinski definition) is 2. The molecule has 1 aromatic carbocycles. The molecule has 4 heterocycles. The fraction of sp³-hybridized carbons (Fsp3) is 0.227. The second kappa shape index (κ2) is 7.77. The van der Waals surface area contributed by atoms with Crippen LogP contribution in [0.3, 0.4) is 0 Å². The van der Waals surface area contributed by atoms with Crippen LogP contribution in [0.1, 0.15) is 41.5 Å². The van der Waals surface area contributed by atoms with Gasteiger partial charge in [-0.05, 0) is 43.7 Å². The zero-order valence-electron chi connectivity index (χ0n) is 17.3. The van der Waals surface area contributed by atoms with Gasteiger partial charge in [0.25, 0.3) is 5.91 Å². The number of pyridine rings is 1. The van der Waals surface area contributed by atoms with Crippen LogP contribution < -0.4 is 10.6 Å². The summed E-state index contributed by atoms with van der Waals surface area (Å²) in [6, 6.07) is 11.4. The number of aromatic nitrogens is 6. The van der Waals surface area contributed by atoms with E-state index in [0.29, 0.717) is 22.9 Å². The van der Waals surface area contributed by atoms with E-state index in [1.54, 1.807) is 18.7 Å². The SMILES string of the molecule is CC(C)n1cnnc1-c1cccc(NC(=O)c2ccc3c(c2)-n2cncc2CNC3)n1. The number of anilines is 1. The van der Waals surface area contributed by atoms with Gasteiger partial charge in [-0.2, -0.15) is 0 Å². The van der Waals surface area contributed by atoms with E-state index in [4.69, 9.17) is 0 Å². The van der Waals surface area contributed by atoms with E-state index in [-0.39, 0.29) is 11.9 Å². The first-order valence-corrected chi connectivity index (χ1v) is 10.1. The van der Waals surface area contributed by atoms with Gasteiger partial charge < -0.3 is 19.8 Å². The van der Waals surface area contributed by atoms with Crippen molar-refractivity contribution >= 4 is 11.7 Å². The highest BCUT2D eigenvalue weighted by atomic mass is 16.1. The molecule has 0 atom stereocenters. The van der Waals surface area contributed by atoms with E-state index >= 15 is 0 Å². The Bertz CT molecular complexity index is 1260. The molecule has 156 valence electrons. The number of carbonyl (C=O) groups is 1. The summed E-state index contributed by atoms with van der Waals surface area (Å²) in [5.74, 6) is 0.897. The average molecular weight is 414 g/mol. The Labute approximate surface area is 179 Å². The summed E-state index contributed by atoms with van der Waals surface area (Å²) in [4.78, 5) is 21.8. The van der Waals surface area contributed by atoms with Gasteiger partial charge in [0.05, 0.1) is 17.7 Å². The van der Waals surface area contributed by atoms with Crippen LogP contribution in [0.4, 0.5) is 5.82 Å². The number of hydrogen-bond acceptors (Lipinski definition) is 6. The van der Waals surface area contributed by atoms with Crippen molar-refractivity contribution in [1.29, 1.82) is 0 Å². The molecule has 1 aliphatic heterocycles. The molecule has 0 fully saturated rings. The highest BCUT2D eigenvalue weighted by Crippen LogP contribution is 2.23. The summed E-state index contributed by atoms with van der Waals surface area (Å²) in [6.07, 6.45) is 5.29. The molecule has 5 rings (SSSR count). The van der Waals surface area contributed by atoms with Gasteiger partial charge in [-0.15, -0.1) is 10.2 Å². The van der Waals surface area contributed by atoms with Crippen LogP contribution in [0.2, 0.25) is 0 Å². The minimum absolute atomic E-state index is 0.201. The predicted octanol–water partition coefficient (Wildman–Crippen LogP) is 2.96. The first kappa shape index (κ1) is 19.1. The van der Waals surface area contributed by atoms with Crippen molar-refractivity contribution in [1.82, 2.24) is 34.6 Å². The maximum absolute atomic E-state index is 13.0. The molecule has 4 aromatic rings. The Morgan fingerprint density at radius 3 is 2.94 bits per heavy atom. The third-order valence-electron chi connectivity index (χ3n) is 5.29. The molecule has 0 saturated carbocycles. The largest absolute Gasteiger partial charge is 0.310 e. The summed E-state index contributed by atoms with van der Waals surface area (Å²) in [5.41, 5.74) is 4.33. The lowest BCUT2D eigenvalue weighted by molar-refractivity contribution is 0.102. The third kappa shape index (κ3) is 3.59.